The molecule has 1 N–H and O–H groups in total. The third-order valence-corrected chi connectivity index (χ3v) is 3.01. The van der Waals surface area contributed by atoms with Crippen molar-refractivity contribution in [2.24, 2.45) is 7.05 Å². The Morgan fingerprint density at radius 2 is 2.00 bits per heavy atom. The molecule has 1 aromatic carbocycles. The third kappa shape index (κ3) is 1.72. The second kappa shape index (κ2) is 3.62. The van der Waals surface area contributed by atoms with Gasteiger partial charge < -0.3 is 4.57 Å². The van der Waals surface area contributed by atoms with Gasteiger partial charge in [0.15, 0.2) is 10.6 Å². The fourth-order valence-corrected chi connectivity index (χ4v) is 1.62. The number of aromatic nitrogens is 3. The Bertz CT molecular complexity index is 551. The molecule has 2 aromatic rings. The number of aromatic amines is 1. The lowest BCUT2D eigenvalue weighted by Gasteiger charge is -2.04. The SMILES string of the molecule is Cc1ccc(-c2n[nH]c(=S)n2C)cc1C. The summed E-state index contributed by atoms with van der Waals surface area (Å²) in [5.41, 5.74) is 3.64. The van der Waals surface area contributed by atoms with Crippen LogP contribution in [0.2, 0.25) is 0 Å². The summed E-state index contributed by atoms with van der Waals surface area (Å²) in [6.45, 7) is 4.20. The highest BCUT2D eigenvalue weighted by Crippen LogP contribution is 2.19. The van der Waals surface area contributed by atoms with Crippen molar-refractivity contribution < 1.29 is 0 Å². The number of H-pyrrole nitrogens is 1. The van der Waals surface area contributed by atoms with Crippen molar-refractivity contribution in [3.8, 4) is 11.4 Å². The van der Waals surface area contributed by atoms with Gasteiger partial charge in [-0.25, -0.2) is 0 Å². The van der Waals surface area contributed by atoms with Gasteiger partial charge >= 0.3 is 0 Å². The Morgan fingerprint density at radius 3 is 2.53 bits per heavy atom. The zero-order valence-electron chi connectivity index (χ0n) is 9.03. The van der Waals surface area contributed by atoms with Gasteiger partial charge in [-0.15, -0.1) is 0 Å². The lowest BCUT2D eigenvalue weighted by molar-refractivity contribution is 0.901. The van der Waals surface area contributed by atoms with Crippen molar-refractivity contribution in [2.75, 3.05) is 0 Å². The number of benzene rings is 1. The van der Waals surface area contributed by atoms with Gasteiger partial charge in [0.25, 0.3) is 0 Å². The van der Waals surface area contributed by atoms with Crippen LogP contribution in [0.1, 0.15) is 11.1 Å². The molecule has 3 nitrogen and oxygen atoms in total. The average molecular weight is 219 g/mol. The minimum atomic E-state index is 0.642. The molecule has 0 radical (unpaired) electrons. The van der Waals surface area contributed by atoms with Gasteiger partial charge in [0.05, 0.1) is 0 Å². The van der Waals surface area contributed by atoms with E-state index in [9.17, 15) is 0 Å². The first-order valence-electron chi connectivity index (χ1n) is 4.78. The van der Waals surface area contributed by atoms with Crippen LogP contribution in [-0.4, -0.2) is 14.8 Å². The zero-order valence-corrected chi connectivity index (χ0v) is 9.85. The van der Waals surface area contributed by atoms with E-state index in [1.807, 2.05) is 11.6 Å². The first kappa shape index (κ1) is 10.1. The predicted octanol–water partition coefficient (Wildman–Crippen LogP) is 2.76. The number of hydrogen-bond donors (Lipinski definition) is 1. The van der Waals surface area contributed by atoms with Crippen LogP contribution in [0.4, 0.5) is 0 Å². The molecule has 0 bridgehead atoms. The number of hydrogen-bond acceptors (Lipinski definition) is 2. The average Bonchev–Trinajstić information content (AvgIpc) is 2.53. The van der Waals surface area contributed by atoms with Crippen LogP contribution >= 0.6 is 12.2 Å². The molecule has 0 aliphatic rings. The molecule has 0 aliphatic carbocycles. The summed E-state index contributed by atoms with van der Waals surface area (Å²) >= 11 is 5.08. The summed E-state index contributed by atoms with van der Waals surface area (Å²) in [6.07, 6.45) is 0. The number of aryl methyl sites for hydroxylation is 2. The molecule has 2 rings (SSSR count). The Hall–Kier alpha value is -1.42. The maximum Gasteiger partial charge on any atom is 0.195 e. The van der Waals surface area contributed by atoms with E-state index in [0.29, 0.717) is 4.77 Å². The molecular weight excluding hydrogens is 206 g/mol. The summed E-state index contributed by atoms with van der Waals surface area (Å²) in [5.74, 6) is 0.878. The normalized spacial score (nSPS) is 10.6. The van der Waals surface area contributed by atoms with Crippen LogP contribution in [-0.2, 0) is 7.05 Å². The molecule has 1 heterocycles. The molecule has 15 heavy (non-hydrogen) atoms. The second-order valence-electron chi connectivity index (χ2n) is 3.71. The largest absolute Gasteiger partial charge is 0.303 e. The number of rotatable bonds is 1. The molecule has 78 valence electrons. The monoisotopic (exact) mass is 219 g/mol. The van der Waals surface area contributed by atoms with E-state index in [0.717, 1.165) is 11.4 Å². The van der Waals surface area contributed by atoms with E-state index < -0.39 is 0 Å². The Kier molecular flexibility index (Phi) is 2.44. The van der Waals surface area contributed by atoms with E-state index in [2.05, 4.69) is 42.2 Å². The second-order valence-corrected chi connectivity index (χ2v) is 4.10. The highest BCUT2D eigenvalue weighted by molar-refractivity contribution is 7.71. The number of nitrogens with one attached hydrogen (secondary N) is 1. The molecule has 0 amide bonds. The number of nitrogens with zero attached hydrogens (tertiary/aromatic N) is 2. The van der Waals surface area contributed by atoms with Gasteiger partial charge in [0, 0.05) is 12.6 Å². The van der Waals surface area contributed by atoms with Crippen molar-refractivity contribution in [2.45, 2.75) is 13.8 Å². The van der Waals surface area contributed by atoms with Crippen LogP contribution in [0.3, 0.4) is 0 Å². The molecule has 0 unspecified atom stereocenters. The van der Waals surface area contributed by atoms with Crippen molar-refractivity contribution in [3.05, 3.63) is 34.1 Å². The zero-order chi connectivity index (χ0) is 11.0. The topological polar surface area (TPSA) is 33.6 Å². The van der Waals surface area contributed by atoms with Gasteiger partial charge in [-0.05, 0) is 43.3 Å². The third-order valence-electron chi connectivity index (χ3n) is 2.64. The molecule has 0 aliphatic heterocycles. The highest BCUT2D eigenvalue weighted by Gasteiger charge is 2.05. The van der Waals surface area contributed by atoms with Crippen LogP contribution in [0.25, 0.3) is 11.4 Å². The van der Waals surface area contributed by atoms with Crippen LogP contribution in [0.15, 0.2) is 18.2 Å². The van der Waals surface area contributed by atoms with Crippen molar-refractivity contribution >= 4 is 12.2 Å². The Morgan fingerprint density at radius 1 is 1.27 bits per heavy atom. The molecule has 0 saturated carbocycles. The maximum absolute atomic E-state index is 5.08. The molecule has 0 atom stereocenters. The predicted molar refractivity (Wildman–Crippen MR) is 63.3 cm³/mol. The lowest BCUT2D eigenvalue weighted by Crippen LogP contribution is -1.93. The van der Waals surface area contributed by atoms with Gasteiger partial charge in [-0.1, -0.05) is 12.1 Å². The molecule has 4 heteroatoms. The Labute approximate surface area is 93.8 Å². The summed E-state index contributed by atoms with van der Waals surface area (Å²) in [7, 11) is 1.91. The fraction of sp³-hybridized carbons (Fsp3) is 0.273. The molecular formula is C11H13N3S. The quantitative estimate of drug-likeness (QED) is 0.748. The smallest absolute Gasteiger partial charge is 0.195 e. The van der Waals surface area contributed by atoms with E-state index in [1.165, 1.54) is 11.1 Å². The standard InChI is InChI=1S/C11H13N3S/c1-7-4-5-9(6-8(7)2)10-12-13-11(15)14(10)3/h4-6H,1-3H3,(H,13,15). The van der Waals surface area contributed by atoms with Gasteiger partial charge in [-0.3, -0.25) is 5.10 Å². The van der Waals surface area contributed by atoms with Gasteiger partial charge in [0.1, 0.15) is 0 Å². The van der Waals surface area contributed by atoms with E-state index >= 15 is 0 Å². The molecule has 0 fully saturated rings. The van der Waals surface area contributed by atoms with E-state index in [1.54, 1.807) is 0 Å². The first-order chi connectivity index (χ1) is 7.09. The van der Waals surface area contributed by atoms with Crippen molar-refractivity contribution in [1.82, 2.24) is 14.8 Å². The van der Waals surface area contributed by atoms with Gasteiger partial charge in [0.2, 0.25) is 0 Å². The van der Waals surface area contributed by atoms with E-state index in [-0.39, 0.29) is 0 Å². The minimum absolute atomic E-state index is 0.642. The lowest BCUT2D eigenvalue weighted by atomic mass is 10.1. The summed E-state index contributed by atoms with van der Waals surface area (Å²) in [6, 6.07) is 6.29. The highest BCUT2D eigenvalue weighted by atomic mass is 32.1. The van der Waals surface area contributed by atoms with Crippen LogP contribution in [0.5, 0.6) is 0 Å². The molecule has 0 spiro atoms. The first-order valence-corrected chi connectivity index (χ1v) is 5.19. The summed E-state index contributed by atoms with van der Waals surface area (Å²) < 4.78 is 2.52. The fourth-order valence-electron chi connectivity index (χ4n) is 1.49. The van der Waals surface area contributed by atoms with Gasteiger partial charge in [-0.2, -0.15) is 5.10 Å². The minimum Gasteiger partial charge on any atom is -0.303 e. The summed E-state index contributed by atoms with van der Waals surface area (Å²) in [4.78, 5) is 0. The Balaban J connectivity index is 2.59. The van der Waals surface area contributed by atoms with E-state index in [4.69, 9.17) is 12.2 Å². The van der Waals surface area contributed by atoms with Crippen molar-refractivity contribution in [3.63, 3.8) is 0 Å². The van der Waals surface area contributed by atoms with Crippen LogP contribution in [0, 0.1) is 18.6 Å². The summed E-state index contributed by atoms with van der Waals surface area (Å²) in [5, 5.41) is 6.99. The van der Waals surface area contributed by atoms with Crippen LogP contribution < -0.4 is 0 Å². The molecule has 1 aromatic heterocycles. The molecule has 0 saturated heterocycles. The maximum atomic E-state index is 5.08. The van der Waals surface area contributed by atoms with Crippen molar-refractivity contribution in [1.29, 1.82) is 0 Å².